The normalized spacial score (nSPS) is 10.5. The Morgan fingerprint density at radius 3 is 2.60 bits per heavy atom. The van der Waals surface area contributed by atoms with Crippen LogP contribution in [0.4, 0.5) is 8.78 Å². The van der Waals surface area contributed by atoms with Crippen molar-refractivity contribution in [2.45, 2.75) is 13.3 Å². The summed E-state index contributed by atoms with van der Waals surface area (Å²) in [4.78, 5) is 14.5. The predicted molar refractivity (Wildman–Crippen MR) is 47.4 cm³/mol. The van der Waals surface area contributed by atoms with Crippen LogP contribution >= 0.6 is 0 Å². The molecule has 0 aliphatic carbocycles. The minimum atomic E-state index is -2.91. The van der Waals surface area contributed by atoms with Gasteiger partial charge in [-0.3, -0.25) is 4.98 Å². The highest BCUT2D eigenvalue weighted by atomic mass is 19.3. The summed E-state index contributed by atoms with van der Waals surface area (Å²) >= 11 is 0. The quantitative estimate of drug-likeness (QED) is 0.841. The second kappa shape index (κ2) is 4.20. The largest absolute Gasteiger partial charge is 0.495 e. The average molecular weight is 217 g/mol. The summed E-state index contributed by atoms with van der Waals surface area (Å²) in [6, 6.07) is 0. The number of aryl methyl sites for hydroxylation is 1. The van der Waals surface area contributed by atoms with Gasteiger partial charge in [0.05, 0.1) is 30.1 Å². The van der Waals surface area contributed by atoms with Crippen molar-refractivity contribution in [3.8, 4) is 5.75 Å². The molecular formula is C9H9F2NO3. The van der Waals surface area contributed by atoms with Gasteiger partial charge in [0, 0.05) is 0 Å². The fourth-order valence-corrected chi connectivity index (χ4v) is 1.26. The van der Waals surface area contributed by atoms with Gasteiger partial charge in [-0.15, -0.1) is 0 Å². The van der Waals surface area contributed by atoms with Crippen molar-refractivity contribution in [1.29, 1.82) is 0 Å². The highest BCUT2D eigenvalue weighted by molar-refractivity contribution is 5.91. The lowest BCUT2D eigenvalue weighted by molar-refractivity contribution is 0.0681. The molecule has 1 heterocycles. The molecule has 0 aliphatic heterocycles. The van der Waals surface area contributed by atoms with E-state index in [1.54, 1.807) is 0 Å². The number of aromatic carboxylic acids is 1. The minimum Gasteiger partial charge on any atom is -0.495 e. The summed E-state index contributed by atoms with van der Waals surface area (Å²) < 4.78 is 29.9. The van der Waals surface area contributed by atoms with E-state index in [-0.39, 0.29) is 11.4 Å². The molecule has 1 rings (SSSR count). The van der Waals surface area contributed by atoms with Gasteiger partial charge in [-0.05, 0) is 6.92 Å². The smallest absolute Gasteiger partial charge is 0.338 e. The zero-order valence-electron chi connectivity index (χ0n) is 8.12. The van der Waals surface area contributed by atoms with Gasteiger partial charge in [-0.2, -0.15) is 0 Å². The van der Waals surface area contributed by atoms with Gasteiger partial charge in [-0.1, -0.05) is 0 Å². The van der Waals surface area contributed by atoms with Crippen LogP contribution in [0.2, 0.25) is 0 Å². The Hall–Kier alpha value is -1.72. The van der Waals surface area contributed by atoms with Crippen molar-refractivity contribution in [2.24, 2.45) is 0 Å². The molecule has 1 aromatic rings. The number of hydrogen-bond acceptors (Lipinski definition) is 3. The number of carbonyl (C=O) groups is 1. The van der Waals surface area contributed by atoms with E-state index in [9.17, 15) is 13.6 Å². The summed E-state index contributed by atoms with van der Waals surface area (Å²) in [5, 5.41) is 8.79. The van der Waals surface area contributed by atoms with Crippen LogP contribution in [-0.4, -0.2) is 23.2 Å². The molecule has 0 fully saturated rings. The number of rotatable bonds is 3. The fraction of sp³-hybridized carbons (Fsp3) is 0.333. The molecule has 0 spiro atoms. The van der Waals surface area contributed by atoms with Crippen molar-refractivity contribution in [2.75, 3.05) is 7.11 Å². The number of aromatic nitrogens is 1. The van der Waals surface area contributed by atoms with Crippen molar-refractivity contribution < 1.29 is 23.4 Å². The number of methoxy groups -OCH3 is 1. The zero-order chi connectivity index (χ0) is 11.6. The lowest BCUT2D eigenvalue weighted by atomic mass is 10.1. The Morgan fingerprint density at radius 2 is 2.20 bits per heavy atom. The van der Waals surface area contributed by atoms with Gasteiger partial charge in [0.25, 0.3) is 6.43 Å². The Morgan fingerprint density at radius 1 is 1.60 bits per heavy atom. The molecule has 0 bridgehead atoms. The van der Waals surface area contributed by atoms with Crippen molar-refractivity contribution in [3.05, 3.63) is 23.0 Å². The number of pyridine rings is 1. The molecule has 0 radical (unpaired) electrons. The molecule has 0 saturated heterocycles. The van der Waals surface area contributed by atoms with E-state index in [0.717, 1.165) is 6.20 Å². The number of hydrogen-bond donors (Lipinski definition) is 1. The number of alkyl halides is 2. The second-order valence-electron chi connectivity index (χ2n) is 2.81. The van der Waals surface area contributed by atoms with E-state index in [1.807, 2.05) is 0 Å². The van der Waals surface area contributed by atoms with Gasteiger partial charge in [0.1, 0.15) is 5.75 Å². The molecule has 15 heavy (non-hydrogen) atoms. The molecule has 1 aromatic heterocycles. The Balaban J connectivity index is 3.51. The van der Waals surface area contributed by atoms with Gasteiger partial charge in [0.2, 0.25) is 0 Å². The number of halogens is 2. The lowest BCUT2D eigenvalue weighted by Gasteiger charge is -2.11. The monoisotopic (exact) mass is 217 g/mol. The minimum absolute atomic E-state index is 0.0404. The summed E-state index contributed by atoms with van der Waals surface area (Å²) in [7, 11) is 1.18. The maximum absolute atomic E-state index is 12.6. The molecule has 0 saturated carbocycles. The molecule has 0 amide bonds. The van der Waals surface area contributed by atoms with E-state index in [0.29, 0.717) is 0 Å². The summed E-state index contributed by atoms with van der Waals surface area (Å²) in [6.45, 7) is 1.36. The van der Waals surface area contributed by atoms with Crippen LogP contribution in [-0.2, 0) is 0 Å². The second-order valence-corrected chi connectivity index (χ2v) is 2.81. The van der Waals surface area contributed by atoms with Crippen molar-refractivity contribution >= 4 is 5.97 Å². The van der Waals surface area contributed by atoms with E-state index in [1.165, 1.54) is 14.0 Å². The van der Waals surface area contributed by atoms with Crippen LogP contribution in [0.15, 0.2) is 6.20 Å². The standard InChI is InChI=1S/C9H9F2NO3/c1-4-6(9(13)14)7(8(10)11)5(15-2)3-12-4/h3,8H,1-2H3,(H,13,14). The van der Waals surface area contributed by atoms with Crippen LogP contribution in [0, 0.1) is 6.92 Å². The van der Waals surface area contributed by atoms with E-state index < -0.39 is 23.5 Å². The zero-order valence-corrected chi connectivity index (χ0v) is 8.12. The number of carboxylic acid groups (broad SMARTS) is 1. The Bertz CT molecular complexity index is 393. The first kappa shape index (κ1) is 11.4. The molecule has 6 heteroatoms. The third-order valence-electron chi connectivity index (χ3n) is 1.92. The highest BCUT2D eigenvalue weighted by Gasteiger charge is 2.25. The SMILES string of the molecule is COc1cnc(C)c(C(=O)O)c1C(F)F. The van der Waals surface area contributed by atoms with Crippen LogP contribution in [0.5, 0.6) is 5.75 Å². The summed E-state index contributed by atoms with van der Waals surface area (Å²) in [6.07, 6.45) is -1.82. The predicted octanol–water partition coefficient (Wildman–Crippen LogP) is 2.03. The number of ether oxygens (including phenoxy) is 1. The summed E-state index contributed by atoms with van der Waals surface area (Å²) in [5.74, 6) is -1.65. The maximum atomic E-state index is 12.6. The Kier molecular flexibility index (Phi) is 3.18. The highest BCUT2D eigenvalue weighted by Crippen LogP contribution is 2.32. The topological polar surface area (TPSA) is 59.4 Å². The molecule has 82 valence electrons. The molecule has 0 unspecified atom stereocenters. The van der Waals surface area contributed by atoms with Crippen LogP contribution in [0.1, 0.15) is 28.0 Å². The molecule has 1 N–H and O–H groups in total. The molecule has 0 atom stereocenters. The first-order chi connectivity index (χ1) is 6.99. The first-order valence-electron chi connectivity index (χ1n) is 4.04. The van der Waals surface area contributed by atoms with Crippen LogP contribution in [0.25, 0.3) is 0 Å². The summed E-state index contributed by atoms with van der Waals surface area (Å²) in [5.41, 5.74) is -1.08. The average Bonchev–Trinajstić information content (AvgIpc) is 2.16. The third-order valence-corrected chi connectivity index (χ3v) is 1.92. The van der Waals surface area contributed by atoms with Gasteiger partial charge >= 0.3 is 5.97 Å². The molecule has 0 aromatic carbocycles. The van der Waals surface area contributed by atoms with Crippen molar-refractivity contribution in [3.63, 3.8) is 0 Å². The molecule has 0 aliphatic rings. The van der Waals surface area contributed by atoms with Crippen LogP contribution < -0.4 is 4.74 Å². The Labute approximate surface area is 84.5 Å². The maximum Gasteiger partial charge on any atom is 0.338 e. The van der Waals surface area contributed by atoms with Gasteiger partial charge < -0.3 is 9.84 Å². The molecular weight excluding hydrogens is 208 g/mol. The van der Waals surface area contributed by atoms with Gasteiger partial charge in [-0.25, -0.2) is 13.6 Å². The number of nitrogens with zero attached hydrogens (tertiary/aromatic N) is 1. The molecule has 4 nitrogen and oxygen atoms in total. The number of carboxylic acids is 1. The fourth-order valence-electron chi connectivity index (χ4n) is 1.26. The third kappa shape index (κ3) is 2.03. The first-order valence-corrected chi connectivity index (χ1v) is 4.04. The van der Waals surface area contributed by atoms with Crippen molar-refractivity contribution in [1.82, 2.24) is 4.98 Å². The van der Waals surface area contributed by atoms with E-state index >= 15 is 0 Å². The van der Waals surface area contributed by atoms with Gasteiger partial charge in [0.15, 0.2) is 0 Å². The van der Waals surface area contributed by atoms with Crippen LogP contribution in [0.3, 0.4) is 0 Å². The van der Waals surface area contributed by atoms with E-state index in [2.05, 4.69) is 9.72 Å². The lowest BCUT2D eigenvalue weighted by Crippen LogP contribution is -2.09. The van der Waals surface area contributed by atoms with E-state index in [4.69, 9.17) is 5.11 Å².